The van der Waals surface area contributed by atoms with E-state index in [1.807, 2.05) is 19.1 Å². The molecular weight excluding hydrogens is 371 g/mol. The van der Waals surface area contributed by atoms with E-state index in [1.165, 1.54) is 19.2 Å². The SMILES string of the molecule is COC(=O)c1ccc(-c2nc(CN3CCC[C@H]3c3ccc(F)cc3)c(C)o2)cc1. The molecule has 0 spiro atoms. The number of halogens is 1. The lowest BCUT2D eigenvalue weighted by Crippen LogP contribution is -2.23. The molecule has 29 heavy (non-hydrogen) atoms. The molecule has 2 aromatic carbocycles. The first kappa shape index (κ1) is 19.3. The second-order valence-corrected chi connectivity index (χ2v) is 7.27. The molecular formula is C23H23FN2O3. The number of oxazole rings is 1. The van der Waals surface area contributed by atoms with Crippen molar-refractivity contribution >= 4 is 5.97 Å². The van der Waals surface area contributed by atoms with Crippen LogP contribution in [0.5, 0.6) is 0 Å². The molecule has 6 heteroatoms. The maximum Gasteiger partial charge on any atom is 0.337 e. The first-order valence-corrected chi connectivity index (χ1v) is 9.69. The predicted molar refractivity (Wildman–Crippen MR) is 107 cm³/mol. The Hall–Kier alpha value is -2.99. The lowest BCUT2D eigenvalue weighted by Gasteiger charge is -2.24. The summed E-state index contributed by atoms with van der Waals surface area (Å²) in [4.78, 5) is 18.7. The van der Waals surface area contributed by atoms with Gasteiger partial charge in [0.2, 0.25) is 5.89 Å². The molecule has 0 radical (unpaired) electrons. The van der Waals surface area contributed by atoms with Crippen molar-refractivity contribution in [3.05, 3.63) is 76.9 Å². The molecule has 150 valence electrons. The standard InChI is InChI=1S/C23H23FN2O3/c1-15-20(14-26-13-3-4-21(26)16-9-11-19(24)12-10-16)25-22(29-15)17-5-7-18(8-6-17)23(27)28-2/h5-12,21H,3-4,13-14H2,1-2H3/t21-/m0/s1. The van der Waals surface area contributed by atoms with Gasteiger partial charge in [-0.05, 0) is 68.3 Å². The van der Waals surface area contributed by atoms with Crippen LogP contribution >= 0.6 is 0 Å². The molecule has 0 aliphatic carbocycles. The maximum atomic E-state index is 13.3. The van der Waals surface area contributed by atoms with Crippen LogP contribution in [0.1, 0.15) is 46.3 Å². The van der Waals surface area contributed by atoms with Gasteiger partial charge in [0.15, 0.2) is 0 Å². The molecule has 0 unspecified atom stereocenters. The summed E-state index contributed by atoms with van der Waals surface area (Å²) in [6, 6.07) is 14.0. The molecule has 0 saturated carbocycles. The third kappa shape index (κ3) is 4.07. The summed E-state index contributed by atoms with van der Waals surface area (Å²) in [6.07, 6.45) is 2.14. The summed E-state index contributed by atoms with van der Waals surface area (Å²) in [5, 5.41) is 0. The van der Waals surface area contributed by atoms with E-state index in [0.717, 1.165) is 42.0 Å². The minimum atomic E-state index is -0.373. The summed E-state index contributed by atoms with van der Waals surface area (Å²) in [6.45, 7) is 3.56. The summed E-state index contributed by atoms with van der Waals surface area (Å²) in [5.74, 6) is 0.725. The van der Waals surface area contributed by atoms with E-state index >= 15 is 0 Å². The van der Waals surface area contributed by atoms with Gasteiger partial charge in [0.1, 0.15) is 11.6 Å². The van der Waals surface area contributed by atoms with Gasteiger partial charge in [-0.2, -0.15) is 0 Å². The molecule has 1 saturated heterocycles. The highest BCUT2D eigenvalue weighted by Crippen LogP contribution is 2.34. The monoisotopic (exact) mass is 394 g/mol. The van der Waals surface area contributed by atoms with Gasteiger partial charge in [-0.1, -0.05) is 12.1 Å². The van der Waals surface area contributed by atoms with Crippen LogP contribution in [0.15, 0.2) is 52.9 Å². The molecule has 1 fully saturated rings. The lowest BCUT2D eigenvalue weighted by molar-refractivity contribution is 0.0600. The minimum absolute atomic E-state index is 0.214. The minimum Gasteiger partial charge on any atom is -0.465 e. The second-order valence-electron chi connectivity index (χ2n) is 7.27. The quantitative estimate of drug-likeness (QED) is 0.576. The predicted octanol–water partition coefficient (Wildman–Crippen LogP) is 4.91. The van der Waals surface area contributed by atoms with Gasteiger partial charge in [0.05, 0.1) is 18.4 Å². The van der Waals surface area contributed by atoms with Gasteiger partial charge >= 0.3 is 5.97 Å². The van der Waals surface area contributed by atoms with E-state index in [4.69, 9.17) is 14.1 Å². The molecule has 1 aliphatic rings. The fraction of sp³-hybridized carbons (Fsp3) is 0.304. The van der Waals surface area contributed by atoms with E-state index in [1.54, 1.807) is 24.3 Å². The van der Waals surface area contributed by atoms with Crippen LogP contribution in [0.3, 0.4) is 0 Å². The smallest absolute Gasteiger partial charge is 0.337 e. The van der Waals surface area contributed by atoms with Crippen LogP contribution in [-0.2, 0) is 11.3 Å². The summed E-state index contributed by atoms with van der Waals surface area (Å²) >= 11 is 0. The number of carbonyl (C=O) groups excluding carboxylic acids is 1. The number of aryl methyl sites for hydroxylation is 1. The first-order valence-electron chi connectivity index (χ1n) is 9.69. The molecule has 0 bridgehead atoms. The number of hydrogen-bond acceptors (Lipinski definition) is 5. The van der Waals surface area contributed by atoms with Crippen molar-refractivity contribution in [1.29, 1.82) is 0 Å². The zero-order valence-corrected chi connectivity index (χ0v) is 16.5. The Labute approximate surface area is 169 Å². The van der Waals surface area contributed by atoms with Crippen molar-refractivity contribution in [1.82, 2.24) is 9.88 Å². The number of methoxy groups -OCH3 is 1. The number of ether oxygens (including phenoxy) is 1. The number of likely N-dealkylation sites (tertiary alicyclic amines) is 1. The molecule has 1 aliphatic heterocycles. The topological polar surface area (TPSA) is 55.6 Å². The second kappa shape index (κ2) is 8.17. The van der Waals surface area contributed by atoms with Crippen LogP contribution in [-0.4, -0.2) is 29.5 Å². The van der Waals surface area contributed by atoms with E-state index in [9.17, 15) is 9.18 Å². The van der Waals surface area contributed by atoms with Crippen LogP contribution in [0, 0.1) is 12.7 Å². The van der Waals surface area contributed by atoms with Gasteiger partial charge in [-0.3, -0.25) is 4.90 Å². The average molecular weight is 394 g/mol. The van der Waals surface area contributed by atoms with Crippen molar-refractivity contribution in [3.8, 4) is 11.5 Å². The normalized spacial score (nSPS) is 16.9. The number of hydrogen-bond donors (Lipinski definition) is 0. The highest BCUT2D eigenvalue weighted by Gasteiger charge is 2.27. The molecule has 1 atom stereocenters. The largest absolute Gasteiger partial charge is 0.465 e. The summed E-state index contributed by atoms with van der Waals surface area (Å²) < 4.78 is 23.9. The zero-order valence-electron chi connectivity index (χ0n) is 16.5. The Morgan fingerprint density at radius 3 is 2.62 bits per heavy atom. The zero-order chi connectivity index (χ0) is 20.4. The number of esters is 1. The van der Waals surface area contributed by atoms with Crippen molar-refractivity contribution in [2.24, 2.45) is 0 Å². The van der Waals surface area contributed by atoms with E-state index in [2.05, 4.69) is 4.90 Å². The first-order chi connectivity index (χ1) is 14.0. The van der Waals surface area contributed by atoms with Gasteiger partial charge in [0.25, 0.3) is 0 Å². The van der Waals surface area contributed by atoms with Gasteiger partial charge < -0.3 is 9.15 Å². The van der Waals surface area contributed by atoms with Crippen molar-refractivity contribution in [2.75, 3.05) is 13.7 Å². The fourth-order valence-electron chi connectivity index (χ4n) is 3.84. The Balaban J connectivity index is 1.52. The van der Waals surface area contributed by atoms with Gasteiger partial charge in [-0.15, -0.1) is 0 Å². The van der Waals surface area contributed by atoms with Crippen LogP contribution in [0.4, 0.5) is 4.39 Å². The van der Waals surface area contributed by atoms with E-state index < -0.39 is 0 Å². The molecule has 1 aromatic heterocycles. The van der Waals surface area contributed by atoms with Crippen molar-refractivity contribution < 1.29 is 18.3 Å². The third-order valence-electron chi connectivity index (χ3n) is 5.42. The number of rotatable bonds is 5. The Kier molecular flexibility index (Phi) is 5.45. The fourth-order valence-corrected chi connectivity index (χ4v) is 3.84. The lowest BCUT2D eigenvalue weighted by atomic mass is 10.0. The number of carbonyl (C=O) groups is 1. The Bertz CT molecular complexity index is 996. The molecule has 3 aromatic rings. The average Bonchev–Trinajstić information content (AvgIpc) is 3.35. The summed E-state index contributed by atoms with van der Waals surface area (Å²) in [5.41, 5.74) is 3.32. The number of nitrogens with zero attached hydrogens (tertiary/aromatic N) is 2. The van der Waals surface area contributed by atoms with E-state index in [0.29, 0.717) is 18.0 Å². The molecule has 2 heterocycles. The molecule has 5 nitrogen and oxygen atoms in total. The van der Waals surface area contributed by atoms with Crippen LogP contribution in [0.2, 0.25) is 0 Å². The molecule has 0 N–H and O–H groups in total. The Morgan fingerprint density at radius 1 is 1.21 bits per heavy atom. The number of aromatic nitrogens is 1. The highest BCUT2D eigenvalue weighted by atomic mass is 19.1. The molecule has 4 rings (SSSR count). The van der Waals surface area contributed by atoms with Gasteiger partial charge in [-0.25, -0.2) is 14.2 Å². The van der Waals surface area contributed by atoms with Gasteiger partial charge in [0, 0.05) is 18.2 Å². The third-order valence-corrected chi connectivity index (χ3v) is 5.42. The van der Waals surface area contributed by atoms with E-state index in [-0.39, 0.29) is 17.8 Å². The van der Waals surface area contributed by atoms with Crippen molar-refractivity contribution in [3.63, 3.8) is 0 Å². The van der Waals surface area contributed by atoms with Crippen molar-refractivity contribution in [2.45, 2.75) is 32.4 Å². The highest BCUT2D eigenvalue weighted by molar-refractivity contribution is 5.89. The van der Waals surface area contributed by atoms with Crippen LogP contribution in [0.25, 0.3) is 11.5 Å². The summed E-state index contributed by atoms with van der Waals surface area (Å²) in [7, 11) is 1.36. The maximum absolute atomic E-state index is 13.3. The molecule has 0 amide bonds. The van der Waals surface area contributed by atoms with Crippen LogP contribution < -0.4 is 0 Å². The number of benzene rings is 2. The Morgan fingerprint density at radius 2 is 1.93 bits per heavy atom.